The van der Waals surface area contributed by atoms with Crippen LogP contribution in [-0.2, 0) is 9.47 Å². The second-order valence-corrected chi connectivity index (χ2v) is 13.7. The number of aromatic nitrogens is 4. The fourth-order valence-corrected chi connectivity index (χ4v) is 7.32. The molecular formula is C46H34F2N6O4. The molecule has 0 radical (unpaired) electrons. The van der Waals surface area contributed by atoms with E-state index in [9.17, 15) is 9.59 Å². The van der Waals surface area contributed by atoms with E-state index in [0.29, 0.717) is 80.4 Å². The third-order valence-electron chi connectivity index (χ3n) is 10.1. The maximum Gasteiger partial charge on any atom is 0.358 e. The Morgan fingerprint density at radius 1 is 0.638 bits per heavy atom. The molecule has 4 heterocycles. The summed E-state index contributed by atoms with van der Waals surface area (Å²) in [6.45, 7) is 3.67. The number of ether oxygens (including phenoxy) is 2. The molecule has 10 nitrogen and oxygen atoms in total. The van der Waals surface area contributed by atoms with Crippen LogP contribution in [0.1, 0.15) is 105 Å². The molecule has 0 N–H and O–H groups in total. The van der Waals surface area contributed by atoms with E-state index in [1.54, 1.807) is 95.8 Å². The zero-order valence-electron chi connectivity index (χ0n) is 31.4. The Balaban J connectivity index is 0.942. The highest BCUT2D eigenvalue weighted by Crippen LogP contribution is 2.35. The zero-order chi connectivity index (χ0) is 40.5. The van der Waals surface area contributed by atoms with Gasteiger partial charge < -0.3 is 9.47 Å². The number of benzene rings is 4. The lowest BCUT2D eigenvalue weighted by Gasteiger charge is -2.13. The molecule has 2 aliphatic heterocycles. The molecule has 2 atom stereocenters. The topological polar surface area (TPSA) is 113 Å². The van der Waals surface area contributed by atoms with Gasteiger partial charge in [0.25, 0.3) is 0 Å². The average molecular weight is 773 g/mol. The van der Waals surface area contributed by atoms with Crippen molar-refractivity contribution in [2.45, 2.75) is 38.8 Å². The van der Waals surface area contributed by atoms with Crippen LogP contribution in [-0.4, -0.2) is 55.7 Å². The van der Waals surface area contributed by atoms with Crippen molar-refractivity contribution in [1.29, 1.82) is 0 Å². The van der Waals surface area contributed by atoms with Crippen molar-refractivity contribution in [3.8, 4) is 36.1 Å². The predicted molar refractivity (Wildman–Crippen MR) is 214 cm³/mol. The second-order valence-electron chi connectivity index (χ2n) is 13.7. The molecule has 6 aromatic rings. The highest BCUT2D eigenvalue weighted by atomic mass is 19.1. The van der Waals surface area contributed by atoms with Gasteiger partial charge in [-0.25, -0.2) is 28.3 Å². The number of carbonyl (C=O) groups is 2. The van der Waals surface area contributed by atoms with Gasteiger partial charge in [0.05, 0.1) is 59.5 Å². The zero-order valence-corrected chi connectivity index (χ0v) is 31.4. The molecule has 0 aliphatic carbocycles. The van der Waals surface area contributed by atoms with Crippen molar-refractivity contribution >= 4 is 23.4 Å². The Bertz CT molecular complexity index is 2600. The molecule has 0 saturated carbocycles. The van der Waals surface area contributed by atoms with Crippen LogP contribution in [0.3, 0.4) is 0 Å². The monoisotopic (exact) mass is 772 g/mol. The molecule has 0 fully saturated rings. The highest BCUT2D eigenvalue weighted by molar-refractivity contribution is 6.16. The van der Waals surface area contributed by atoms with Crippen LogP contribution in [0.4, 0.5) is 8.78 Å². The Morgan fingerprint density at radius 2 is 1.05 bits per heavy atom. The number of carbonyl (C=O) groups excluding carboxylic acids is 2. The summed E-state index contributed by atoms with van der Waals surface area (Å²) < 4.78 is 44.9. The fourth-order valence-electron chi connectivity index (χ4n) is 7.32. The van der Waals surface area contributed by atoms with Gasteiger partial charge in [-0.2, -0.15) is 0 Å². The number of aliphatic imine (C=N–C) groups is 2. The fraction of sp³-hybridized carbons (Fsp3) is 0.174. The number of esters is 2. The maximum absolute atomic E-state index is 15.1. The van der Waals surface area contributed by atoms with Crippen LogP contribution in [0.25, 0.3) is 11.4 Å². The molecule has 0 saturated heterocycles. The van der Waals surface area contributed by atoms with Crippen molar-refractivity contribution < 1.29 is 27.8 Å². The van der Waals surface area contributed by atoms with Crippen LogP contribution >= 0.6 is 0 Å². The van der Waals surface area contributed by atoms with Gasteiger partial charge in [0, 0.05) is 33.4 Å². The third-order valence-corrected chi connectivity index (χ3v) is 10.1. The van der Waals surface area contributed by atoms with Gasteiger partial charge in [0.2, 0.25) is 0 Å². The van der Waals surface area contributed by atoms with E-state index in [0.717, 1.165) is 0 Å². The van der Waals surface area contributed by atoms with E-state index in [1.807, 2.05) is 0 Å². The SMILES string of the molecule is C#Cc1ccc2c(c1)C(c1ccccc1F)=N[C@@H](C)c1c(C(=O)OCCCCOC(=O)c3ncn4c3[C@H](C)N=C(c3ccccc3F)c3cc(C#C)ccc3-4)ncn1-2. The van der Waals surface area contributed by atoms with Gasteiger partial charge in [-0.05, 0) is 87.4 Å². The molecule has 4 aromatic carbocycles. The smallest absolute Gasteiger partial charge is 0.358 e. The Kier molecular flexibility index (Phi) is 10.1. The molecule has 0 unspecified atom stereocenters. The first kappa shape index (κ1) is 37.5. The number of imidazole rings is 2. The second kappa shape index (κ2) is 15.6. The number of rotatable bonds is 9. The summed E-state index contributed by atoms with van der Waals surface area (Å²) in [5.41, 5.74) is 6.20. The summed E-state index contributed by atoms with van der Waals surface area (Å²) in [7, 11) is 0. The van der Waals surface area contributed by atoms with Crippen LogP contribution in [0, 0.1) is 36.3 Å². The summed E-state index contributed by atoms with van der Waals surface area (Å²) in [4.78, 5) is 45.4. The first-order valence-electron chi connectivity index (χ1n) is 18.6. The number of halogens is 2. The van der Waals surface area contributed by atoms with E-state index >= 15 is 8.78 Å². The average Bonchev–Trinajstić information content (AvgIpc) is 3.84. The van der Waals surface area contributed by atoms with Crippen LogP contribution in [0.5, 0.6) is 0 Å². The number of hydrogen-bond donors (Lipinski definition) is 0. The summed E-state index contributed by atoms with van der Waals surface area (Å²) in [5, 5.41) is 0. The number of fused-ring (bicyclic) bond motifs is 6. The Hall–Kier alpha value is -7.44. The van der Waals surface area contributed by atoms with Gasteiger partial charge in [-0.15, -0.1) is 12.8 Å². The van der Waals surface area contributed by atoms with Crippen molar-refractivity contribution in [3.05, 3.63) is 165 Å². The number of terminal acetylenes is 2. The van der Waals surface area contributed by atoms with Gasteiger partial charge in [0.1, 0.15) is 24.3 Å². The lowest BCUT2D eigenvalue weighted by molar-refractivity contribution is 0.0424. The number of hydrogen-bond acceptors (Lipinski definition) is 8. The maximum atomic E-state index is 15.1. The van der Waals surface area contributed by atoms with Crippen LogP contribution in [0.15, 0.2) is 108 Å². The quantitative estimate of drug-likeness (QED) is 0.0839. The number of nitrogens with zero attached hydrogens (tertiary/aromatic N) is 6. The van der Waals surface area contributed by atoms with Crippen molar-refractivity contribution in [1.82, 2.24) is 19.1 Å². The van der Waals surface area contributed by atoms with E-state index in [1.165, 1.54) is 24.8 Å². The Morgan fingerprint density at radius 3 is 1.45 bits per heavy atom. The molecule has 2 aromatic heterocycles. The van der Waals surface area contributed by atoms with Crippen molar-refractivity contribution in [3.63, 3.8) is 0 Å². The minimum Gasteiger partial charge on any atom is -0.461 e. The minimum absolute atomic E-state index is 0.0316. The third kappa shape index (κ3) is 6.75. The molecule has 0 spiro atoms. The van der Waals surface area contributed by atoms with E-state index in [4.69, 9.17) is 32.3 Å². The molecule has 286 valence electrons. The highest BCUT2D eigenvalue weighted by Gasteiger charge is 2.32. The first-order chi connectivity index (χ1) is 28.2. The summed E-state index contributed by atoms with van der Waals surface area (Å²) in [6, 6.07) is 22.2. The number of unbranched alkanes of at least 4 members (excludes halogenated alkanes) is 1. The first-order valence-corrected chi connectivity index (χ1v) is 18.6. The molecule has 2 aliphatic rings. The molecule has 0 amide bonds. The normalized spacial score (nSPS) is 15.1. The molecule has 0 bridgehead atoms. The predicted octanol–water partition coefficient (Wildman–Crippen LogP) is 7.92. The molecule has 58 heavy (non-hydrogen) atoms. The molecular weight excluding hydrogens is 739 g/mol. The lowest BCUT2D eigenvalue weighted by Crippen LogP contribution is -2.14. The van der Waals surface area contributed by atoms with Gasteiger partial charge >= 0.3 is 11.9 Å². The summed E-state index contributed by atoms with van der Waals surface area (Å²) >= 11 is 0. The van der Waals surface area contributed by atoms with Crippen LogP contribution < -0.4 is 0 Å². The lowest BCUT2D eigenvalue weighted by atomic mass is 9.98. The van der Waals surface area contributed by atoms with Crippen molar-refractivity contribution in [2.75, 3.05) is 13.2 Å². The molecule has 8 rings (SSSR count). The van der Waals surface area contributed by atoms with Crippen LogP contribution in [0.2, 0.25) is 0 Å². The van der Waals surface area contributed by atoms with E-state index in [2.05, 4.69) is 21.8 Å². The summed E-state index contributed by atoms with van der Waals surface area (Å²) in [6.07, 6.45) is 15.2. The van der Waals surface area contributed by atoms with E-state index in [-0.39, 0.29) is 24.6 Å². The Labute approximate surface area is 332 Å². The van der Waals surface area contributed by atoms with Gasteiger partial charge in [-0.1, -0.05) is 36.1 Å². The largest absolute Gasteiger partial charge is 0.461 e. The standard InChI is InChI=1S/C46H34F2N6O4/c1-5-29-17-19-37-33(23-29)39(31-13-7-9-15-35(31)47)51-27(3)43-41(49-25-53(37)43)45(55)57-21-11-12-22-58-46(56)42-44-28(4)52-40(32-14-8-10-16-36(32)48)34-24-30(6-2)18-20-38(34)54(44)26-50-42/h1-2,7-10,13-20,23-28H,11-12,21-22H2,3-4H3/t27-,28-/m0/s1. The van der Waals surface area contributed by atoms with E-state index < -0.39 is 35.7 Å². The van der Waals surface area contributed by atoms with Gasteiger partial charge in [-0.3, -0.25) is 19.1 Å². The van der Waals surface area contributed by atoms with Crippen molar-refractivity contribution in [2.24, 2.45) is 9.98 Å². The van der Waals surface area contributed by atoms with Gasteiger partial charge in [0.15, 0.2) is 11.4 Å². The molecule has 12 heteroatoms. The minimum atomic E-state index is -0.649. The summed E-state index contributed by atoms with van der Waals surface area (Å²) in [5.74, 6) is 3.07.